The molecule has 0 saturated carbocycles. The molecule has 54 valence electrons. The van der Waals surface area contributed by atoms with Gasteiger partial charge in [-0.2, -0.15) is 0 Å². The maximum absolute atomic E-state index is 12.7. The lowest BCUT2D eigenvalue weighted by Crippen LogP contribution is -2.03. The van der Waals surface area contributed by atoms with Crippen LogP contribution in [0.2, 0.25) is 0 Å². The molecular formula is C7H8FOP. The van der Waals surface area contributed by atoms with Gasteiger partial charge in [0.05, 0.1) is 6.61 Å². The second-order valence-electron chi connectivity index (χ2n) is 1.97. The van der Waals surface area contributed by atoms with E-state index in [-0.39, 0.29) is 12.4 Å². The van der Waals surface area contributed by atoms with Gasteiger partial charge in [-0.1, -0.05) is 12.1 Å². The smallest absolute Gasteiger partial charge is 0.129 e. The standard InChI is InChI=1S/C7H8FOP/c8-6-2-1-3-7(10)5(6)4-9/h1-3,9H,4,10H2. The molecule has 1 atom stereocenters. The summed E-state index contributed by atoms with van der Waals surface area (Å²) in [6.07, 6.45) is 0. The minimum absolute atomic E-state index is 0.245. The maximum Gasteiger partial charge on any atom is 0.129 e. The molecule has 0 aliphatic rings. The van der Waals surface area contributed by atoms with Crippen molar-refractivity contribution in [3.8, 4) is 0 Å². The molecule has 10 heavy (non-hydrogen) atoms. The lowest BCUT2D eigenvalue weighted by molar-refractivity contribution is 0.277. The molecule has 0 fully saturated rings. The minimum Gasteiger partial charge on any atom is -0.392 e. The molecule has 1 aromatic rings. The van der Waals surface area contributed by atoms with Gasteiger partial charge in [0.1, 0.15) is 5.82 Å². The van der Waals surface area contributed by atoms with Gasteiger partial charge >= 0.3 is 0 Å². The molecule has 1 nitrogen and oxygen atoms in total. The van der Waals surface area contributed by atoms with Crippen molar-refractivity contribution in [3.63, 3.8) is 0 Å². The molecular weight excluding hydrogens is 150 g/mol. The van der Waals surface area contributed by atoms with E-state index in [0.29, 0.717) is 10.9 Å². The fourth-order valence-electron chi connectivity index (χ4n) is 0.742. The largest absolute Gasteiger partial charge is 0.392 e. The van der Waals surface area contributed by atoms with E-state index in [2.05, 4.69) is 9.24 Å². The van der Waals surface area contributed by atoms with Crippen molar-refractivity contribution in [2.45, 2.75) is 6.61 Å². The van der Waals surface area contributed by atoms with Crippen molar-refractivity contribution in [1.29, 1.82) is 0 Å². The summed E-state index contributed by atoms with van der Waals surface area (Å²) in [5.41, 5.74) is 0.354. The van der Waals surface area contributed by atoms with Crippen molar-refractivity contribution in [1.82, 2.24) is 0 Å². The van der Waals surface area contributed by atoms with Crippen molar-refractivity contribution in [2.24, 2.45) is 0 Å². The summed E-state index contributed by atoms with van der Waals surface area (Å²) >= 11 is 0. The summed E-state index contributed by atoms with van der Waals surface area (Å²) in [5.74, 6) is -0.352. The summed E-state index contributed by atoms with van der Waals surface area (Å²) in [5, 5.41) is 9.36. The molecule has 0 spiro atoms. The van der Waals surface area contributed by atoms with E-state index in [0.717, 1.165) is 0 Å². The third-order valence-electron chi connectivity index (χ3n) is 1.31. The molecule has 0 radical (unpaired) electrons. The van der Waals surface area contributed by atoms with Gasteiger partial charge < -0.3 is 5.11 Å². The zero-order chi connectivity index (χ0) is 7.56. The molecule has 0 amide bonds. The van der Waals surface area contributed by atoms with Gasteiger partial charge in [-0.15, -0.1) is 9.24 Å². The Kier molecular flexibility index (Phi) is 2.36. The summed E-state index contributed by atoms with van der Waals surface area (Å²) in [4.78, 5) is 0. The van der Waals surface area contributed by atoms with Crippen molar-refractivity contribution in [2.75, 3.05) is 0 Å². The van der Waals surface area contributed by atoms with E-state index in [1.165, 1.54) is 6.07 Å². The lowest BCUT2D eigenvalue weighted by Gasteiger charge is -2.00. The van der Waals surface area contributed by atoms with Crippen LogP contribution in [0.4, 0.5) is 4.39 Å². The third-order valence-corrected chi connectivity index (χ3v) is 1.85. The SMILES string of the molecule is OCc1c(F)cccc1P. The number of halogens is 1. The van der Waals surface area contributed by atoms with E-state index < -0.39 is 0 Å². The Morgan fingerprint density at radius 2 is 2.20 bits per heavy atom. The first-order valence-electron chi connectivity index (χ1n) is 2.89. The highest BCUT2D eigenvalue weighted by molar-refractivity contribution is 7.27. The molecule has 1 rings (SSSR count). The first-order chi connectivity index (χ1) is 4.75. The Labute approximate surface area is 61.1 Å². The van der Waals surface area contributed by atoms with Gasteiger partial charge in [0.2, 0.25) is 0 Å². The van der Waals surface area contributed by atoms with Crippen molar-refractivity contribution >= 4 is 14.5 Å². The average molecular weight is 158 g/mol. The lowest BCUT2D eigenvalue weighted by atomic mass is 10.2. The van der Waals surface area contributed by atoms with Crippen LogP contribution in [0.1, 0.15) is 5.56 Å². The monoisotopic (exact) mass is 158 g/mol. The second kappa shape index (κ2) is 3.09. The Bertz CT molecular complexity index is 217. The summed E-state index contributed by atoms with van der Waals surface area (Å²) in [6, 6.07) is 4.68. The van der Waals surface area contributed by atoms with Crippen LogP contribution in [0.25, 0.3) is 0 Å². The number of rotatable bonds is 1. The molecule has 0 aromatic heterocycles. The molecule has 1 unspecified atom stereocenters. The predicted octanol–water partition coefficient (Wildman–Crippen LogP) is 0.818. The van der Waals surface area contributed by atoms with Crippen molar-refractivity contribution < 1.29 is 9.50 Å². The molecule has 0 saturated heterocycles. The Hall–Kier alpha value is -0.460. The van der Waals surface area contributed by atoms with Gasteiger partial charge in [0.25, 0.3) is 0 Å². The Morgan fingerprint density at radius 1 is 1.50 bits per heavy atom. The number of aliphatic hydroxyl groups excluding tert-OH is 1. The van der Waals surface area contributed by atoms with Crippen LogP contribution in [-0.2, 0) is 6.61 Å². The van der Waals surface area contributed by atoms with E-state index in [9.17, 15) is 4.39 Å². The summed E-state index contributed by atoms with van der Waals surface area (Å²) in [7, 11) is 2.37. The zero-order valence-electron chi connectivity index (χ0n) is 5.34. The quantitative estimate of drug-likeness (QED) is 0.600. The number of benzene rings is 1. The number of hydrogen-bond acceptors (Lipinski definition) is 1. The van der Waals surface area contributed by atoms with Crippen LogP contribution in [0.15, 0.2) is 18.2 Å². The molecule has 0 bridgehead atoms. The highest BCUT2D eigenvalue weighted by atomic mass is 31.0. The first kappa shape index (κ1) is 7.64. The molecule has 0 aliphatic heterocycles. The van der Waals surface area contributed by atoms with Gasteiger partial charge in [0, 0.05) is 5.56 Å². The van der Waals surface area contributed by atoms with E-state index in [1.807, 2.05) is 0 Å². The molecule has 0 aliphatic carbocycles. The fraction of sp³-hybridized carbons (Fsp3) is 0.143. The summed E-state index contributed by atoms with van der Waals surface area (Å²) in [6.45, 7) is -0.245. The van der Waals surface area contributed by atoms with Gasteiger partial charge in [-0.3, -0.25) is 0 Å². The topological polar surface area (TPSA) is 20.2 Å². The first-order valence-corrected chi connectivity index (χ1v) is 3.47. The van der Waals surface area contributed by atoms with Gasteiger partial charge in [-0.25, -0.2) is 4.39 Å². The summed E-state index contributed by atoms with van der Waals surface area (Å²) < 4.78 is 12.7. The fourth-order valence-corrected chi connectivity index (χ4v) is 1.08. The molecule has 1 N–H and O–H groups in total. The molecule has 1 aromatic carbocycles. The predicted molar refractivity (Wildman–Crippen MR) is 41.7 cm³/mol. The Balaban J connectivity index is 3.17. The van der Waals surface area contributed by atoms with Crippen LogP contribution < -0.4 is 5.30 Å². The number of hydrogen-bond donors (Lipinski definition) is 1. The Morgan fingerprint density at radius 3 is 2.60 bits per heavy atom. The normalized spacial score (nSPS) is 9.90. The van der Waals surface area contributed by atoms with Crippen LogP contribution in [0.3, 0.4) is 0 Å². The average Bonchev–Trinajstić information content (AvgIpc) is 1.88. The highest BCUT2D eigenvalue weighted by Gasteiger charge is 2.01. The van der Waals surface area contributed by atoms with Crippen LogP contribution in [0.5, 0.6) is 0 Å². The van der Waals surface area contributed by atoms with E-state index in [1.54, 1.807) is 12.1 Å². The third kappa shape index (κ3) is 1.34. The van der Waals surface area contributed by atoms with Gasteiger partial charge in [0.15, 0.2) is 0 Å². The van der Waals surface area contributed by atoms with Crippen LogP contribution in [0, 0.1) is 5.82 Å². The van der Waals surface area contributed by atoms with Crippen LogP contribution >= 0.6 is 9.24 Å². The molecule has 0 heterocycles. The minimum atomic E-state index is -0.352. The van der Waals surface area contributed by atoms with Crippen molar-refractivity contribution in [3.05, 3.63) is 29.6 Å². The highest BCUT2D eigenvalue weighted by Crippen LogP contribution is 2.06. The van der Waals surface area contributed by atoms with Crippen LogP contribution in [-0.4, -0.2) is 5.11 Å². The maximum atomic E-state index is 12.7. The number of aliphatic hydroxyl groups is 1. The van der Waals surface area contributed by atoms with Gasteiger partial charge in [-0.05, 0) is 11.4 Å². The van der Waals surface area contributed by atoms with E-state index >= 15 is 0 Å². The molecule has 3 heteroatoms. The zero-order valence-corrected chi connectivity index (χ0v) is 6.50. The second-order valence-corrected chi connectivity index (χ2v) is 2.59. The van der Waals surface area contributed by atoms with E-state index in [4.69, 9.17) is 5.11 Å².